The third-order valence-electron chi connectivity index (χ3n) is 2.35. The van der Waals surface area contributed by atoms with Gasteiger partial charge in [-0.25, -0.2) is 0 Å². The molecule has 0 atom stereocenters. The molecule has 0 aliphatic heterocycles. The number of hydrogen-bond donors (Lipinski definition) is 1. The summed E-state index contributed by atoms with van der Waals surface area (Å²) in [6.07, 6.45) is 6.38. The molecule has 1 aromatic carbocycles. The van der Waals surface area contributed by atoms with E-state index in [4.69, 9.17) is 0 Å². The van der Waals surface area contributed by atoms with Crippen molar-refractivity contribution in [2.45, 2.75) is 20.3 Å². The quantitative estimate of drug-likeness (QED) is 0.773. The largest absolute Gasteiger partial charge is 0.352 e. The Kier molecular flexibility index (Phi) is 5.80. The fraction of sp³-hybridized carbons (Fsp3) is 0.267. The van der Waals surface area contributed by atoms with Crippen molar-refractivity contribution in [3.63, 3.8) is 0 Å². The van der Waals surface area contributed by atoms with Crippen LogP contribution < -0.4 is 5.32 Å². The summed E-state index contributed by atoms with van der Waals surface area (Å²) in [6.45, 7) is 4.58. The SMILES string of the molecule is CC=CC=C(C)CNC(=O)Cc1ccccc1. The molecule has 0 aromatic heterocycles. The van der Waals surface area contributed by atoms with E-state index >= 15 is 0 Å². The third-order valence-corrected chi connectivity index (χ3v) is 2.35. The van der Waals surface area contributed by atoms with Gasteiger partial charge in [0, 0.05) is 6.54 Å². The highest BCUT2D eigenvalue weighted by Gasteiger charge is 2.01. The molecule has 0 radical (unpaired) electrons. The molecular formula is C15H19NO. The number of benzene rings is 1. The Morgan fingerprint density at radius 3 is 2.65 bits per heavy atom. The molecule has 1 rings (SSSR count). The van der Waals surface area contributed by atoms with Gasteiger partial charge in [-0.15, -0.1) is 0 Å². The van der Waals surface area contributed by atoms with Gasteiger partial charge in [-0.2, -0.15) is 0 Å². The first kappa shape index (κ1) is 13.2. The average molecular weight is 229 g/mol. The highest BCUT2D eigenvalue weighted by Crippen LogP contribution is 1.99. The normalized spacial score (nSPS) is 11.8. The van der Waals surface area contributed by atoms with Crippen LogP contribution >= 0.6 is 0 Å². The van der Waals surface area contributed by atoms with Gasteiger partial charge in [0.15, 0.2) is 0 Å². The topological polar surface area (TPSA) is 29.1 Å². The molecule has 1 N–H and O–H groups in total. The highest BCUT2D eigenvalue weighted by molar-refractivity contribution is 5.78. The lowest BCUT2D eigenvalue weighted by molar-refractivity contribution is -0.120. The van der Waals surface area contributed by atoms with Crippen LogP contribution in [-0.4, -0.2) is 12.5 Å². The smallest absolute Gasteiger partial charge is 0.224 e. The fourth-order valence-corrected chi connectivity index (χ4v) is 1.40. The molecule has 0 fully saturated rings. The molecule has 0 bridgehead atoms. The first-order valence-electron chi connectivity index (χ1n) is 5.81. The summed E-state index contributed by atoms with van der Waals surface area (Å²) >= 11 is 0. The first-order valence-corrected chi connectivity index (χ1v) is 5.81. The second-order valence-electron chi connectivity index (χ2n) is 3.98. The highest BCUT2D eigenvalue weighted by atomic mass is 16.1. The molecular weight excluding hydrogens is 210 g/mol. The number of hydrogen-bond acceptors (Lipinski definition) is 1. The van der Waals surface area contributed by atoms with Crippen LogP contribution in [-0.2, 0) is 11.2 Å². The summed E-state index contributed by atoms with van der Waals surface area (Å²) in [4.78, 5) is 11.6. The van der Waals surface area contributed by atoms with Gasteiger partial charge in [0.2, 0.25) is 5.91 Å². The lowest BCUT2D eigenvalue weighted by atomic mass is 10.1. The number of amides is 1. The van der Waals surface area contributed by atoms with Crippen molar-refractivity contribution in [1.82, 2.24) is 5.32 Å². The summed E-state index contributed by atoms with van der Waals surface area (Å²) in [6, 6.07) is 9.76. The van der Waals surface area contributed by atoms with Gasteiger partial charge in [-0.3, -0.25) is 4.79 Å². The molecule has 2 heteroatoms. The third kappa shape index (κ3) is 5.71. The zero-order valence-electron chi connectivity index (χ0n) is 10.4. The summed E-state index contributed by atoms with van der Waals surface area (Å²) in [5.41, 5.74) is 2.18. The second kappa shape index (κ2) is 7.44. The molecule has 0 aliphatic carbocycles. The second-order valence-corrected chi connectivity index (χ2v) is 3.98. The van der Waals surface area contributed by atoms with Crippen molar-refractivity contribution < 1.29 is 4.79 Å². The van der Waals surface area contributed by atoms with E-state index in [9.17, 15) is 4.79 Å². The van der Waals surface area contributed by atoms with E-state index in [1.165, 1.54) is 0 Å². The van der Waals surface area contributed by atoms with Crippen LogP contribution in [0.1, 0.15) is 19.4 Å². The van der Waals surface area contributed by atoms with Crippen LogP contribution in [0, 0.1) is 0 Å². The minimum absolute atomic E-state index is 0.0597. The first-order chi connectivity index (χ1) is 8.22. The predicted molar refractivity (Wildman–Crippen MR) is 71.7 cm³/mol. The molecule has 0 aliphatic rings. The summed E-state index contributed by atoms with van der Waals surface area (Å²) in [5, 5.41) is 2.90. The minimum Gasteiger partial charge on any atom is -0.352 e. The van der Waals surface area contributed by atoms with Crippen molar-refractivity contribution >= 4 is 5.91 Å². The van der Waals surface area contributed by atoms with E-state index in [-0.39, 0.29) is 5.91 Å². The Morgan fingerprint density at radius 2 is 2.00 bits per heavy atom. The van der Waals surface area contributed by atoms with Crippen molar-refractivity contribution in [1.29, 1.82) is 0 Å². The maximum atomic E-state index is 11.6. The zero-order valence-corrected chi connectivity index (χ0v) is 10.4. The van der Waals surface area contributed by atoms with E-state index in [0.29, 0.717) is 13.0 Å². The average Bonchev–Trinajstić information content (AvgIpc) is 2.35. The Bertz CT molecular complexity index is 404. The molecule has 0 spiro atoms. The molecule has 90 valence electrons. The zero-order chi connectivity index (χ0) is 12.5. The van der Waals surface area contributed by atoms with Crippen LogP contribution in [0.5, 0.6) is 0 Å². The number of carbonyl (C=O) groups excluding carboxylic acids is 1. The van der Waals surface area contributed by atoms with Crippen molar-refractivity contribution in [2.24, 2.45) is 0 Å². The van der Waals surface area contributed by atoms with E-state index in [0.717, 1.165) is 11.1 Å². The minimum atomic E-state index is 0.0597. The van der Waals surface area contributed by atoms with Crippen LogP contribution in [0.2, 0.25) is 0 Å². The fourth-order valence-electron chi connectivity index (χ4n) is 1.40. The van der Waals surface area contributed by atoms with Gasteiger partial charge in [-0.1, -0.05) is 54.1 Å². The van der Waals surface area contributed by atoms with Crippen LogP contribution in [0.15, 0.2) is 54.1 Å². The Balaban J connectivity index is 2.36. The molecule has 2 nitrogen and oxygen atoms in total. The molecule has 0 saturated carbocycles. The summed E-state index contributed by atoms with van der Waals surface area (Å²) < 4.78 is 0. The van der Waals surface area contributed by atoms with E-state index in [1.807, 2.05) is 62.4 Å². The Morgan fingerprint density at radius 1 is 1.29 bits per heavy atom. The lowest BCUT2D eigenvalue weighted by Crippen LogP contribution is -2.26. The van der Waals surface area contributed by atoms with Crippen LogP contribution in [0.4, 0.5) is 0 Å². The van der Waals surface area contributed by atoms with Gasteiger partial charge >= 0.3 is 0 Å². The maximum Gasteiger partial charge on any atom is 0.224 e. The summed E-state index contributed by atoms with van der Waals surface area (Å²) in [5.74, 6) is 0.0597. The van der Waals surface area contributed by atoms with Crippen molar-refractivity contribution in [3.05, 3.63) is 59.7 Å². The molecule has 17 heavy (non-hydrogen) atoms. The molecule has 1 amide bonds. The number of allylic oxidation sites excluding steroid dienone is 3. The Labute approximate surface area is 103 Å². The van der Waals surface area contributed by atoms with Gasteiger partial charge in [0.05, 0.1) is 6.42 Å². The molecule has 0 unspecified atom stereocenters. The van der Waals surface area contributed by atoms with E-state index in [2.05, 4.69) is 5.32 Å². The van der Waals surface area contributed by atoms with Crippen LogP contribution in [0.3, 0.4) is 0 Å². The molecule has 1 aromatic rings. The molecule has 0 heterocycles. The van der Waals surface area contributed by atoms with E-state index in [1.54, 1.807) is 0 Å². The predicted octanol–water partition coefficient (Wildman–Crippen LogP) is 2.87. The lowest BCUT2D eigenvalue weighted by Gasteiger charge is -2.05. The number of rotatable bonds is 5. The van der Waals surface area contributed by atoms with Crippen molar-refractivity contribution in [2.75, 3.05) is 6.54 Å². The van der Waals surface area contributed by atoms with Crippen molar-refractivity contribution in [3.8, 4) is 0 Å². The van der Waals surface area contributed by atoms with Crippen LogP contribution in [0.25, 0.3) is 0 Å². The van der Waals surface area contributed by atoms with E-state index < -0.39 is 0 Å². The van der Waals surface area contributed by atoms with Gasteiger partial charge in [0.1, 0.15) is 0 Å². The number of carbonyl (C=O) groups is 1. The Hall–Kier alpha value is -1.83. The standard InChI is InChI=1S/C15H19NO/c1-3-4-8-13(2)12-16-15(17)11-14-9-6-5-7-10-14/h3-10H,11-12H2,1-2H3,(H,16,17). The molecule has 0 saturated heterocycles. The number of nitrogens with one attached hydrogen (secondary N) is 1. The monoisotopic (exact) mass is 229 g/mol. The maximum absolute atomic E-state index is 11.6. The summed E-state index contributed by atoms with van der Waals surface area (Å²) in [7, 11) is 0. The van der Waals surface area contributed by atoms with Gasteiger partial charge < -0.3 is 5.32 Å². The van der Waals surface area contributed by atoms with Gasteiger partial charge in [-0.05, 0) is 19.4 Å². The van der Waals surface area contributed by atoms with Gasteiger partial charge in [0.25, 0.3) is 0 Å².